The molecule has 3 nitrogen and oxygen atoms in total. The maximum atomic E-state index is 11.5. The molecule has 19 heavy (non-hydrogen) atoms. The summed E-state index contributed by atoms with van der Waals surface area (Å²) in [7, 11) is 1.39. The van der Waals surface area contributed by atoms with Crippen molar-refractivity contribution in [1.29, 1.82) is 0 Å². The van der Waals surface area contributed by atoms with Gasteiger partial charge >= 0.3 is 5.97 Å². The Balaban J connectivity index is 2.20. The molecule has 4 heteroatoms. The Bertz CT molecular complexity index is 594. The molecule has 98 valence electrons. The molecule has 0 aliphatic carbocycles. The van der Waals surface area contributed by atoms with Crippen LogP contribution in [0.25, 0.3) is 0 Å². The van der Waals surface area contributed by atoms with Gasteiger partial charge in [-0.15, -0.1) is 0 Å². The third kappa shape index (κ3) is 3.29. The zero-order valence-corrected chi connectivity index (χ0v) is 11.7. The lowest BCUT2D eigenvalue weighted by Gasteiger charge is -2.07. The highest BCUT2D eigenvalue weighted by Crippen LogP contribution is 2.29. The van der Waals surface area contributed by atoms with E-state index in [2.05, 4.69) is 0 Å². The standard InChI is InChI=1S/C15H15NO2S/c1-10-9-13(7-8-14(10)15(17)18-2)19-12-5-3-11(16)4-6-12/h3-9H,16H2,1-2H3. The smallest absolute Gasteiger partial charge is 0.338 e. The van der Waals surface area contributed by atoms with Gasteiger partial charge in [-0.1, -0.05) is 11.8 Å². The summed E-state index contributed by atoms with van der Waals surface area (Å²) in [6.45, 7) is 1.90. The Kier molecular flexibility index (Phi) is 4.12. The van der Waals surface area contributed by atoms with Gasteiger partial charge in [-0.3, -0.25) is 0 Å². The van der Waals surface area contributed by atoms with E-state index >= 15 is 0 Å². The number of anilines is 1. The molecule has 0 fully saturated rings. The molecular weight excluding hydrogens is 258 g/mol. The molecule has 0 aromatic heterocycles. The molecule has 0 unspecified atom stereocenters. The molecule has 0 saturated carbocycles. The minimum Gasteiger partial charge on any atom is -0.465 e. The number of rotatable bonds is 3. The fourth-order valence-corrected chi connectivity index (χ4v) is 2.63. The van der Waals surface area contributed by atoms with Crippen LogP contribution in [0.1, 0.15) is 15.9 Å². The third-order valence-electron chi connectivity index (χ3n) is 2.72. The van der Waals surface area contributed by atoms with Crippen LogP contribution in [0.15, 0.2) is 52.3 Å². The SMILES string of the molecule is COC(=O)c1ccc(Sc2ccc(N)cc2)cc1C. The van der Waals surface area contributed by atoms with Gasteiger partial charge in [-0.25, -0.2) is 4.79 Å². The summed E-state index contributed by atoms with van der Waals surface area (Å²) in [4.78, 5) is 13.7. The van der Waals surface area contributed by atoms with Crippen LogP contribution in [0.3, 0.4) is 0 Å². The van der Waals surface area contributed by atoms with Gasteiger partial charge in [0.1, 0.15) is 0 Å². The van der Waals surface area contributed by atoms with Crippen molar-refractivity contribution in [3.05, 3.63) is 53.6 Å². The number of carbonyl (C=O) groups excluding carboxylic acids is 1. The molecule has 0 heterocycles. The Morgan fingerprint density at radius 3 is 2.32 bits per heavy atom. The Labute approximate surface area is 116 Å². The lowest BCUT2D eigenvalue weighted by Crippen LogP contribution is -2.03. The minimum absolute atomic E-state index is 0.304. The summed E-state index contributed by atoms with van der Waals surface area (Å²) in [6, 6.07) is 13.4. The van der Waals surface area contributed by atoms with Gasteiger partial charge < -0.3 is 10.5 Å². The van der Waals surface area contributed by atoms with Crippen molar-refractivity contribution in [2.75, 3.05) is 12.8 Å². The number of hydrogen-bond donors (Lipinski definition) is 1. The second kappa shape index (κ2) is 5.80. The van der Waals surface area contributed by atoms with E-state index in [1.54, 1.807) is 17.8 Å². The fourth-order valence-electron chi connectivity index (χ4n) is 1.71. The summed E-state index contributed by atoms with van der Waals surface area (Å²) < 4.78 is 4.73. The molecule has 0 amide bonds. The first kappa shape index (κ1) is 13.5. The van der Waals surface area contributed by atoms with Crippen LogP contribution in [0.5, 0.6) is 0 Å². The van der Waals surface area contributed by atoms with Crippen molar-refractivity contribution >= 4 is 23.4 Å². The lowest BCUT2D eigenvalue weighted by atomic mass is 10.1. The Hall–Kier alpha value is -1.94. The number of methoxy groups -OCH3 is 1. The quantitative estimate of drug-likeness (QED) is 0.686. The first-order valence-electron chi connectivity index (χ1n) is 5.82. The van der Waals surface area contributed by atoms with Crippen molar-refractivity contribution in [3.8, 4) is 0 Å². The van der Waals surface area contributed by atoms with Crippen LogP contribution in [0.2, 0.25) is 0 Å². The average molecular weight is 273 g/mol. The number of carbonyl (C=O) groups is 1. The molecule has 0 aliphatic rings. The van der Waals surface area contributed by atoms with Crippen LogP contribution in [-0.2, 0) is 4.74 Å². The molecule has 0 saturated heterocycles. The van der Waals surface area contributed by atoms with Gasteiger partial charge in [-0.05, 0) is 55.0 Å². The minimum atomic E-state index is -0.304. The number of esters is 1. The van der Waals surface area contributed by atoms with E-state index in [-0.39, 0.29) is 5.97 Å². The van der Waals surface area contributed by atoms with Crippen molar-refractivity contribution in [2.24, 2.45) is 0 Å². The number of aryl methyl sites for hydroxylation is 1. The number of hydrogen-bond acceptors (Lipinski definition) is 4. The lowest BCUT2D eigenvalue weighted by molar-refractivity contribution is 0.0600. The van der Waals surface area contributed by atoms with Gasteiger partial charge in [0.2, 0.25) is 0 Å². The average Bonchev–Trinajstić information content (AvgIpc) is 2.41. The summed E-state index contributed by atoms with van der Waals surface area (Å²) in [6.07, 6.45) is 0. The second-order valence-electron chi connectivity index (χ2n) is 4.14. The topological polar surface area (TPSA) is 52.3 Å². The molecule has 0 spiro atoms. The summed E-state index contributed by atoms with van der Waals surface area (Å²) in [5.41, 5.74) is 7.91. The summed E-state index contributed by atoms with van der Waals surface area (Å²) in [5.74, 6) is -0.304. The van der Waals surface area contributed by atoms with Crippen molar-refractivity contribution in [2.45, 2.75) is 16.7 Å². The second-order valence-corrected chi connectivity index (χ2v) is 5.29. The number of ether oxygens (including phenoxy) is 1. The number of nitrogens with two attached hydrogens (primary N) is 1. The van der Waals surface area contributed by atoms with Gasteiger partial charge in [0.15, 0.2) is 0 Å². The molecule has 2 aromatic carbocycles. The van der Waals surface area contributed by atoms with Crippen LogP contribution in [0.4, 0.5) is 5.69 Å². The predicted octanol–water partition coefficient (Wildman–Crippen LogP) is 3.52. The molecule has 0 radical (unpaired) electrons. The number of benzene rings is 2. The van der Waals surface area contributed by atoms with E-state index in [1.165, 1.54) is 7.11 Å². The van der Waals surface area contributed by atoms with Crippen LogP contribution >= 0.6 is 11.8 Å². The molecule has 2 aromatic rings. The normalized spacial score (nSPS) is 10.2. The van der Waals surface area contributed by atoms with E-state index < -0.39 is 0 Å². The fraction of sp³-hybridized carbons (Fsp3) is 0.133. The maximum absolute atomic E-state index is 11.5. The van der Waals surface area contributed by atoms with E-state index in [4.69, 9.17) is 10.5 Å². The highest BCUT2D eigenvalue weighted by Gasteiger charge is 2.09. The van der Waals surface area contributed by atoms with E-state index in [0.717, 1.165) is 21.0 Å². The van der Waals surface area contributed by atoms with Crippen molar-refractivity contribution in [1.82, 2.24) is 0 Å². The third-order valence-corrected chi connectivity index (χ3v) is 3.72. The van der Waals surface area contributed by atoms with Gasteiger partial charge in [0.05, 0.1) is 12.7 Å². The largest absolute Gasteiger partial charge is 0.465 e. The first-order chi connectivity index (χ1) is 9.10. The van der Waals surface area contributed by atoms with Crippen molar-refractivity contribution < 1.29 is 9.53 Å². The molecule has 0 atom stereocenters. The Morgan fingerprint density at radius 2 is 1.74 bits per heavy atom. The van der Waals surface area contributed by atoms with E-state index in [1.807, 2.05) is 43.3 Å². The first-order valence-corrected chi connectivity index (χ1v) is 6.64. The van der Waals surface area contributed by atoms with Gasteiger partial charge in [0.25, 0.3) is 0 Å². The van der Waals surface area contributed by atoms with Crippen molar-refractivity contribution in [3.63, 3.8) is 0 Å². The number of nitrogen functional groups attached to an aromatic ring is 1. The molecule has 0 aliphatic heterocycles. The van der Waals surface area contributed by atoms with Gasteiger partial charge in [0, 0.05) is 15.5 Å². The van der Waals surface area contributed by atoms with Crippen LogP contribution in [0, 0.1) is 6.92 Å². The maximum Gasteiger partial charge on any atom is 0.338 e. The molecule has 0 bridgehead atoms. The highest BCUT2D eigenvalue weighted by atomic mass is 32.2. The predicted molar refractivity (Wildman–Crippen MR) is 77.5 cm³/mol. The van der Waals surface area contributed by atoms with Gasteiger partial charge in [-0.2, -0.15) is 0 Å². The Morgan fingerprint density at radius 1 is 1.11 bits per heavy atom. The zero-order chi connectivity index (χ0) is 13.8. The van der Waals surface area contributed by atoms with E-state index in [9.17, 15) is 4.79 Å². The summed E-state index contributed by atoms with van der Waals surface area (Å²) in [5, 5.41) is 0. The zero-order valence-electron chi connectivity index (χ0n) is 10.8. The van der Waals surface area contributed by atoms with Crippen LogP contribution < -0.4 is 5.73 Å². The highest BCUT2D eigenvalue weighted by molar-refractivity contribution is 7.99. The molecule has 2 rings (SSSR count). The van der Waals surface area contributed by atoms with Crippen LogP contribution in [-0.4, -0.2) is 13.1 Å². The van der Waals surface area contributed by atoms with E-state index in [0.29, 0.717) is 5.56 Å². The molecular formula is C15H15NO2S. The summed E-state index contributed by atoms with van der Waals surface area (Å²) >= 11 is 1.63. The molecule has 2 N–H and O–H groups in total. The monoisotopic (exact) mass is 273 g/mol.